The molecule has 1 aliphatic heterocycles. The lowest BCUT2D eigenvalue weighted by atomic mass is 10.1. The smallest absolute Gasteiger partial charge is 0.164 e. The summed E-state index contributed by atoms with van der Waals surface area (Å²) in [5.74, 6) is 1.58. The molecule has 5 nitrogen and oxygen atoms in total. The average Bonchev–Trinajstić information content (AvgIpc) is 2.39. The van der Waals surface area contributed by atoms with E-state index in [2.05, 4.69) is 4.98 Å². The van der Waals surface area contributed by atoms with Gasteiger partial charge in [-0.1, -0.05) is 0 Å². The van der Waals surface area contributed by atoms with Gasteiger partial charge in [-0.05, 0) is 25.0 Å². The molecule has 0 radical (unpaired) electrons. The normalized spacial score (nSPS) is 21.1. The molecule has 0 bridgehead atoms. The number of thioether (sulfide) groups is 1. The number of hydrogen-bond acceptors (Lipinski definition) is 6. The van der Waals surface area contributed by atoms with E-state index in [1.165, 1.54) is 6.26 Å². The first kappa shape index (κ1) is 15.6. The maximum Gasteiger partial charge on any atom is 0.164 e. The van der Waals surface area contributed by atoms with Gasteiger partial charge in [0.2, 0.25) is 0 Å². The summed E-state index contributed by atoms with van der Waals surface area (Å²) in [5.41, 5.74) is 9.56. The Bertz CT molecular complexity index is 602. The Hall–Kier alpha value is -0.790. The Morgan fingerprint density at radius 3 is 2.85 bits per heavy atom. The van der Waals surface area contributed by atoms with Gasteiger partial charge in [0.15, 0.2) is 9.84 Å². The molecule has 0 amide bonds. The fourth-order valence-electron chi connectivity index (χ4n) is 2.33. The average molecular weight is 315 g/mol. The first-order valence-electron chi connectivity index (χ1n) is 6.52. The Morgan fingerprint density at radius 2 is 2.20 bits per heavy atom. The standard InChI is InChI=1S/C13H21N3O2S2/c1-9-6-15-11(10(2)13(9)14)7-16-4-5-19-8-12(16)20(3,17)18/h6,12H,4-5,7-8H2,1-3H3,(H2,14,15). The number of anilines is 1. The fourth-order valence-corrected chi connectivity index (χ4v) is 5.28. The van der Waals surface area contributed by atoms with E-state index in [-0.39, 0.29) is 0 Å². The predicted molar refractivity (Wildman–Crippen MR) is 84.5 cm³/mol. The van der Waals surface area contributed by atoms with Gasteiger partial charge in [-0.3, -0.25) is 9.88 Å². The fraction of sp³-hybridized carbons (Fsp3) is 0.615. The van der Waals surface area contributed by atoms with Gasteiger partial charge in [0.1, 0.15) is 5.37 Å². The third-order valence-electron chi connectivity index (χ3n) is 3.71. The van der Waals surface area contributed by atoms with E-state index in [1.807, 2.05) is 18.7 Å². The summed E-state index contributed by atoms with van der Waals surface area (Å²) >= 11 is 1.69. The van der Waals surface area contributed by atoms with Crippen LogP contribution in [0.2, 0.25) is 0 Å². The van der Waals surface area contributed by atoms with E-state index in [9.17, 15) is 8.42 Å². The Balaban J connectivity index is 2.26. The number of sulfone groups is 1. The van der Waals surface area contributed by atoms with Crippen LogP contribution in [0.15, 0.2) is 6.20 Å². The van der Waals surface area contributed by atoms with Crippen molar-refractivity contribution < 1.29 is 8.42 Å². The first-order valence-corrected chi connectivity index (χ1v) is 9.63. The highest BCUT2D eigenvalue weighted by atomic mass is 32.2. The van der Waals surface area contributed by atoms with E-state index in [1.54, 1.807) is 18.0 Å². The minimum atomic E-state index is -3.08. The maximum absolute atomic E-state index is 11.9. The van der Waals surface area contributed by atoms with Crippen molar-refractivity contribution in [3.8, 4) is 0 Å². The summed E-state index contributed by atoms with van der Waals surface area (Å²) in [5, 5.41) is -0.426. The number of rotatable bonds is 3. The molecule has 112 valence electrons. The van der Waals surface area contributed by atoms with Crippen LogP contribution in [0.4, 0.5) is 5.69 Å². The van der Waals surface area contributed by atoms with Crippen LogP contribution < -0.4 is 5.73 Å². The molecule has 0 spiro atoms. The monoisotopic (exact) mass is 315 g/mol. The highest BCUT2D eigenvalue weighted by Gasteiger charge is 2.31. The number of hydrogen-bond donors (Lipinski definition) is 1. The van der Waals surface area contributed by atoms with Crippen molar-refractivity contribution in [2.45, 2.75) is 25.8 Å². The third-order valence-corrected chi connectivity index (χ3v) is 6.40. The van der Waals surface area contributed by atoms with E-state index in [0.717, 1.165) is 34.8 Å². The van der Waals surface area contributed by atoms with Crippen molar-refractivity contribution in [2.75, 3.05) is 30.0 Å². The highest BCUT2D eigenvalue weighted by molar-refractivity contribution is 8.00. The van der Waals surface area contributed by atoms with Crippen LogP contribution in [-0.2, 0) is 16.4 Å². The summed E-state index contributed by atoms with van der Waals surface area (Å²) < 4.78 is 23.8. The second-order valence-corrected chi connectivity index (χ2v) is 8.61. The molecule has 0 aromatic carbocycles. The van der Waals surface area contributed by atoms with Crippen molar-refractivity contribution >= 4 is 27.3 Å². The summed E-state index contributed by atoms with van der Waals surface area (Å²) in [6.45, 7) is 5.17. The molecule has 2 N–H and O–H groups in total. The molecule has 1 aromatic heterocycles. The molecule has 1 fully saturated rings. The van der Waals surface area contributed by atoms with Gasteiger partial charge in [-0.15, -0.1) is 0 Å². The number of nitrogens with two attached hydrogens (primary N) is 1. The Morgan fingerprint density at radius 1 is 1.50 bits per heavy atom. The lowest BCUT2D eigenvalue weighted by Gasteiger charge is -2.34. The van der Waals surface area contributed by atoms with Gasteiger partial charge in [-0.2, -0.15) is 11.8 Å². The second-order valence-electron chi connectivity index (χ2n) is 5.26. The quantitative estimate of drug-likeness (QED) is 0.903. The molecule has 2 rings (SSSR count). The van der Waals surface area contributed by atoms with E-state index < -0.39 is 15.2 Å². The Kier molecular flexibility index (Phi) is 4.61. The van der Waals surface area contributed by atoms with Crippen LogP contribution in [0.5, 0.6) is 0 Å². The predicted octanol–water partition coefficient (Wildman–Crippen LogP) is 1.20. The van der Waals surface area contributed by atoms with Crippen LogP contribution in [0, 0.1) is 13.8 Å². The molecule has 1 aromatic rings. The van der Waals surface area contributed by atoms with Crippen molar-refractivity contribution in [2.24, 2.45) is 0 Å². The molecule has 0 aliphatic carbocycles. The Labute approximate surface area is 124 Å². The zero-order valence-corrected chi connectivity index (χ0v) is 13.7. The summed E-state index contributed by atoms with van der Waals surface area (Å²) in [4.78, 5) is 6.42. The van der Waals surface area contributed by atoms with Crippen molar-refractivity contribution in [1.82, 2.24) is 9.88 Å². The topological polar surface area (TPSA) is 76.3 Å². The van der Waals surface area contributed by atoms with Gasteiger partial charge in [0.25, 0.3) is 0 Å². The minimum Gasteiger partial charge on any atom is -0.398 e. The van der Waals surface area contributed by atoms with Gasteiger partial charge >= 0.3 is 0 Å². The molecular weight excluding hydrogens is 294 g/mol. The van der Waals surface area contributed by atoms with Crippen molar-refractivity contribution in [3.63, 3.8) is 0 Å². The number of aryl methyl sites for hydroxylation is 1. The van der Waals surface area contributed by atoms with Crippen LogP contribution in [0.1, 0.15) is 16.8 Å². The molecule has 1 aliphatic rings. The molecule has 2 heterocycles. The number of pyridine rings is 1. The van der Waals surface area contributed by atoms with E-state index in [4.69, 9.17) is 5.73 Å². The summed E-state index contributed by atoms with van der Waals surface area (Å²) in [7, 11) is -3.08. The molecule has 0 saturated carbocycles. The molecule has 20 heavy (non-hydrogen) atoms. The van der Waals surface area contributed by atoms with Gasteiger partial charge in [0, 0.05) is 42.7 Å². The SMILES string of the molecule is Cc1cnc(CN2CCSCC2S(C)(=O)=O)c(C)c1N. The first-order chi connectivity index (χ1) is 9.30. The lowest BCUT2D eigenvalue weighted by molar-refractivity contribution is 0.259. The zero-order valence-electron chi connectivity index (χ0n) is 12.1. The van der Waals surface area contributed by atoms with Crippen LogP contribution >= 0.6 is 11.8 Å². The number of aromatic nitrogens is 1. The summed E-state index contributed by atoms with van der Waals surface area (Å²) in [6, 6.07) is 0. The number of nitrogens with zero attached hydrogens (tertiary/aromatic N) is 2. The van der Waals surface area contributed by atoms with Gasteiger partial charge in [0.05, 0.1) is 5.69 Å². The van der Waals surface area contributed by atoms with E-state index >= 15 is 0 Å². The molecule has 1 atom stereocenters. The largest absolute Gasteiger partial charge is 0.398 e. The van der Waals surface area contributed by atoms with Crippen LogP contribution in [-0.4, -0.2) is 48.0 Å². The van der Waals surface area contributed by atoms with Crippen LogP contribution in [0.3, 0.4) is 0 Å². The van der Waals surface area contributed by atoms with Crippen molar-refractivity contribution in [3.05, 3.63) is 23.0 Å². The molecule has 7 heteroatoms. The lowest BCUT2D eigenvalue weighted by Crippen LogP contribution is -2.46. The van der Waals surface area contributed by atoms with E-state index in [0.29, 0.717) is 12.3 Å². The van der Waals surface area contributed by atoms with Gasteiger partial charge in [-0.25, -0.2) is 8.42 Å². The zero-order chi connectivity index (χ0) is 14.9. The third kappa shape index (κ3) is 3.27. The number of nitrogen functional groups attached to an aromatic ring is 1. The second kappa shape index (κ2) is 5.91. The molecule has 1 unspecified atom stereocenters. The van der Waals surface area contributed by atoms with Gasteiger partial charge < -0.3 is 5.73 Å². The minimum absolute atomic E-state index is 0.426. The maximum atomic E-state index is 11.9. The van der Waals surface area contributed by atoms with Crippen molar-refractivity contribution in [1.29, 1.82) is 0 Å². The molecule has 1 saturated heterocycles. The molecular formula is C13H21N3O2S2. The summed E-state index contributed by atoms with van der Waals surface area (Å²) in [6.07, 6.45) is 3.06. The van der Waals surface area contributed by atoms with Crippen LogP contribution in [0.25, 0.3) is 0 Å². The highest BCUT2D eigenvalue weighted by Crippen LogP contribution is 2.24.